The van der Waals surface area contributed by atoms with Crippen LogP contribution in [0.5, 0.6) is 0 Å². The minimum Gasteiger partial charge on any atom is -0.375 e. The minimum absolute atomic E-state index is 0.371. The van der Waals surface area contributed by atoms with Crippen LogP contribution in [0.4, 0.5) is 5.69 Å². The number of ether oxygens (including phenoxy) is 1. The predicted octanol–water partition coefficient (Wildman–Crippen LogP) is 3.35. The lowest BCUT2D eigenvalue weighted by molar-refractivity contribution is 0.0384. The average Bonchev–Trinajstić information content (AvgIpc) is 2.38. The zero-order valence-corrected chi connectivity index (χ0v) is 11.3. The lowest BCUT2D eigenvalue weighted by Gasteiger charge is -2.35. The van der Waals surface area contributed by atoms with Crippen molar-refractivity contribution in [3.05, 3.63) is 29.3 Å². The van der Waals surface area contributed by atoms with E-state index < -0.39 is 0 Å². The number of nitrogens with zero attached hydrogens (tertiary/aromatic N) is 1. The van der Waals surface area contributed by atoms with Crippen LogP contribution in [0.1, 0.15) is 24.5 Å². The molecule has 3 heteroatoms. The van der Waals surface area contributed by atoms with Crippen molar-refractivity contribution in [2.75, 3.05) is 24.6 Å². The molecule has 1 aliphatic rings. The second kappa shape index (κ2) is 5.74. The molecule has 1 aromatic rings. The van der Waals surface area contributed by atoms with Crippen molar-refractivity contribution in [2.24, 2.45) is 0 Å². The Kier molecular flexibility index (Phi) is 4.30. The quantitative estimate of drug-likeness (QED) is 0.766. The molecule has 0 spiro atoms. The van der Waals surface area contributed by atoms with Gasteiger partial charge in [-0.3, -0.25) is 0 Å². The van der Waals surface area contributed by atoms with E-state index in [1.165, 1.54) is 16.8 Å². The zero-order valence-electron chi connectivity index (χ0n) is 10.6. The summed E-state index contributed by atoms with van der Waals surface area (Å²) in [5.74, 6) is 0.585. The lowest BCUT2D eigenvalue weighted by atomic mass is 10.1. The molecule has 2 nitrogen and oxygen atoms in total. The number of hydrogen-bond acceptors (Lipinski definition) is 2. The molecule has 1 unspecified atom stereocenters. The summed E-state index contributed by atoms with van der Waals surface area (Å²) >= 11 is 5.85. The van der Waals surface area contributed by atoms with Crippen molar-refractivity contribution in [3.8, 4) is 0 Å². The van der Waals surface area contributed by atoms with E-state index in [9.17, 15) is 0 Å². The van der Waals surface area contributed by atoms with Crippen molar-refractivity contribution in [1.82, 2.24) is 0 Å². The average molecular weight is 254 g/mol. The fourth-order valence-corrected chi connectivity index (χ4v) is 2.51. The molecular weight excluding hydrogens is 234 g/mol. The molecule has 1 fully saturated rings. The normalized spacial score (nSPS) is 20.6. The highest BCUT2D eigenvalue weighted by Gasteiger charge is 2.20. The van der Waals surface area contributed by atoms with Gasteiger partial charge < -0.3 is 9.64 Å². The maximum atomic E-state index is 5.85. The molecule has 0 bridgehead atoms. The van der Waals surface area contributed by atoms with Gasteiger partial charge in [-0.1, -0.05) is 19.1 Å². The van der Waals surface area contributed by atoms with Crippen LogP contribution in [0.2, 0.25) is 0 Å². The maximum Gasteiger partial charge on any atom is 0.0748 e. The summed E-state index contributed by atoms with van der Waals surface area (Å²) in [4.78, 5) is 2.42. The lowest BCUT2D eigenvalue weighted by Crippen LogP contribution is -2.42. The van der Waals surface area contributed by atoms with Crippen LogP contribution in [-0.4, -0.2) is 25.8 Å². The molecule has 1 atom stereocenters. The van der Waals surface area contributed by atoms with Crippen LogP contribution in [0, 0.1) is 6.92 Å². The summed E-state index contributed by atoms with van der Waals surface area (Å²) in [5, 5.41) is 0. The van der Waals surface area contributed by atoms with Crippen molar-refractivity contribution in [2.45, 2.75) is 32.3 Å². The Morgan fingerprint density at radius 3 is 2.94 bits per heavy atom. The summed E-state index contributed by atoms with van der Waals surface area (Å²) in [5.41, 5.74) is 3.81. The largest absolute Gasteiger partial charge is 0.375 e. The standard InChI is InChI=1S/C14H20ClNO/c1-3-13-10-16(6-7-17-13)14-5-4-12(9-15)8-11(14)2/h4-5,8,13H,3,6-7,9-10H2,1-2H3. The first-order valence-corrected chi connectivity index (χ1v) is 6.80. The predicted molar refractivity (Wildman–Crippen MR) is 73.0 cm³/mol. The van der Waals surface area contributed by atoms with Gasteiger partial charge in [-0.2, -0.15) is 0 Å². The summed E-state index contributed by atoms with van der Waals surface area (Å²) in [6.07, 6.45) is 1.45. The fourth-order valence-electron chi connectivity index (χ4n) is 2.34. The molecule has 0 radical (unpaired) electrons. The molecule has 94 valence electrons. The van der Waals surface area contributed by atoms with Gasteiger partial charge in [0.25, 0.3) is 0 Å². The van der Waals surface area contributed by atoms with E-state index in [2.05, 4.69) is 36.9 Å². The second-order valence-corrected chi connectivity index (χ2v) is 4.87. The van der Waals surface area contributed by atoms with Gasteiger partial charge in [0.2, 0.25) is 0 Å². The zero-order chi connectivity index (χ0) is 12.3. The number of rotatable bonds is 3. The number of anilines is 1. The van der Waals surface area contributed by atoms with E-state index in [0.717, 1.165) is 26.1 Å². The molecule has 1 heterocycles. The summed E-state index contributed by atoms with van der Waals surface area (Å²) < 4.78 is 5.70. The molecule has 0 aliphatic carbocycles. The smallest absolute Gasteiger partial charge is 0.0748 e. The van der Waals surface area contributed by atoms with Crippen LogP contribution >= 0.6 is 11.6 Å². The van der Waals surface area contributed by atoms with Crippen LogP contribution < -0.4 is 4.90 Å². The number of hydrogen-bond donors (Lipinski definition) is 0. The third kappa shape index (κ3) is 2.93. The van der Waals surface area contributed by atoms with Crippen LogP contribution in [0.15, 0.2) is 18.2 Å². The van der Waals surface area contributed by atoms with Gasteiger partial charge in [0.1, 0.15) is 0 Å². The van der Waals surface area contributed by atoms with Gasteiger partial charge >= 0.3 is 0 Å². The highest BCUT2D eigenvalue weighted by atomic mass is 35.5. The highest BCUT2D eigenvalue weighted by Crippen LogP contribution is 2.24. The van der Waals surface area contributed by atoms with Crippen LogP contribution in [-0.2, 0) is 10.6 Å². The molecule has 1 aromatic carbocycles. The molecule has 1 saturated heterocycles. The number of alkyl halides is 1. The fraction of sp³-hybridized carbons (Fsp3) is 0.571. The topological polar surface area (TPSA) is 12.5 Å². The first-order valence-electron chi connectivity index (χ1n) is 6.26. The van der Waals surface area contributed by atoms with Gasteiger partial charge in [-0.25, -0.2) is 0 Å². The Morgan fingerprint density at radius 2 is 2.29 bits per heavy atom. The Hall–Kier alpha value is -0.730. The number of morpholine rings is 1. The van der Waals surface area contributed by atoms with Crippen molar-refractivity contribution in [1.29, 1.82) is 0 Å². The molecule has 2 rings (SSSR count). The molecule has 1 aliphatic heterocycles. The van der Waals surface area contributed by atoms with Gasteiger partial charge in [0.15, 0.2) is 0 Å². The summed E-state index contributed by atoms with van der Waals surface area (Å²) in [6, 6.07) is 6.48. The SMILES string of the molecule is CCC1CN(c2ccc(CCl)cc2C)CCO1. The molecular formula is C14H20ClNO. The molecule has 0 amide bonds. The molecule has 0 aromatic heterocycles. The van der Waals surface area contributed by atoms with E-state index in [-0.39, 0.29) is 0 Å². The van der Waals surface area contributed by atoms with Crippen molar-refractivity contribution in [3.63, 3.8) is 0 Å². The first kappa shape index (κ1) is 12.7. The van der Waals surface area contributed by atoms with Crippen molar-refractivity contribution < 1.29 is 4.74 Å². The molecule has 0 N–H and O–H groups in total. The highest BCUT2D eigenvalue weighted by molar-refractivity contribution is 6.17. The maximum absolute atomic E-state index is 5.85. The van der Waals surface area contributed by atoms with Gasteiger partial charge in [0.05, 0.1) is 12.7 Å². The van der Waals surface area contributed by atoms with E-state index in [1.54, 1.807) is 0 Å². The van der Waals surface area contributed by atoms with Crippen LogP contribution in [0.3, 0.4) is 0 Å². The first-order chi connectivity index (χ1) is 8.24. The number of aryl methyl sites for hydroxylation is 1. The Bertz CT molecular complexity index is 380. The Morgan fingerprint density at radius 1 is 1.47 bits per heavy atom. The summed E-state index contributed by atoms with van der Waals surface area (Å²) in [6.45, 7) is 7.14. The van der Waals surface area contributed by atoms with Crippen molar-refractivity contribution >= 4 is 17.3 Å². The monoisotopic (exact) mass is 253 g/mol. The minimum atomic E-state index is 0.371. The van der Waals surface area contributed by atoms with Gasteiger partial charge in [0, 0.05) is 24.7 Å². The van der Waals surface area contributed by atoms with Crippen LogP contribution in [0.25, 0.3) is 0 Å². The third-order valence-corrected chi connectivity index (χ3v) is 3.66. The van der Waals surface area contributed by atoms with E-state index in [0.29, 0.717) is 12.0 Å². The molecule has 17 heavy (non-hydrogen) atoms. The number of halogens is 1. The third-order valence-electron chi connectivity index (χ3n) is 3.35. The van der Waals surface area contributed by atoms with Gasteiger partial charge in [-0.15, -0.1) is 11.6 Å². The second-order valence-electron chi connectivity index (χ2n) is 4.60. The van der Waals surface area contributed by atoms with E-state index in [1.807, 2.05) is 0 Å². The number of benzene rings is 1. The van der Waals surface area contributed by atoms with E-state index in [4.69, 9.17) is 16.3 Å². The van der Waals surface area contributed by atoms with E-state index >= 15 is 0 Å². The Labute approximate surface area is 109 Å². The molecule has 0 saturated carbocycles. The summed E-state index contributed by atoms with van der Waals surface area (Å²) in [7, 11) is 0. The Balaban J connectivity index is 2.16. The van der Waals surface area contributed by atoms with Gasteiger partial charge in [-0.05, 0) is 30.5 Å².